The number of imide groups is 2. The predicted molar refractivity (Wildman–Crippen MR) is 95.2 cm³/mol. The zero-order valence-electron chi connectivity index (χ0n) is 14.3. The molecule has 1 saturated heterocycles. The summed E-state index contributed by atoms with van der Waals surface area (Å²) in [5.74, 6) is -2.97. The van der Waals surface area contributed by atoms with Crippen molar-refractivity contribution in [3.8, 4) is 0 Å². The molecule has 0 saturated carbocycles. The summed E-state index contributed by atoms with van der Waals surface area (Å²) < 4.78 is 13.2. The van der Waals surface area contributed by atoms with Crippen molar-refractivity contribution in [3.05, 3.63) is 58.0 Å². The number of benzene rings is 1. The Labute approximate surface area is 158 Å². The van der Waals surface area contributed by atoms with Crippen LogP contribution >= 0.6 is 11.3 Å². The van der Waals surface area contributed by atoms with Crippen LogP contribution in [0.15, 0.2) is 41.8 Å². The second-order valence-corrected chi connectivity index (χ2v) is 6.77. The average Bonchev–Trinajstić information content (AvgIpc) is 3.25. The number of nitrogens with zero attached hydrogens (tertiary/aromatic N) is 2. The second-order valence-electron chi connectivity index (χ2n) is 5.79. The van der Waals surface area contributed by atoms with Crippen LogP contribution in [0.5, 0.6) is 0 Å². The maximum Gasteiger partial charge on any atom is 0.334 e. The Kier molecular flexibility index (Phi) is 5.31. The Hall–Kier alpha value is -3.07. The molecule has 140 valence electrons. The number of likely N-dealkylation sites (N-methyl/N-ethyl adjacent to an activating group) is 1. The van der Waals surface area contributed by atoms with Crippen molar-refractivity contribution in [2.45, 2.75) is 13.0 Å². The van der Waals surface area contributed by atoms with Crippen LogP contribution in [0.2, 0.25) is 0 Å². The third kappa shape index (κ3) is 3.72. The Balaban J connectivity index is 1.77. The van der Waals surface area contributed by atoms with Gasteiger partial charge in [0.2, 0.25) is 5.91 Å². The summed E-state index contributed by atoms with van der Waals surface area (Å²) in [5.41, 5.74) is 0.650. The van der Waals surface area contributed by atoms with Crippen LogP contribution in [0.1, 0.15) is 23.4 Å². The lowest BCUT2D eigenvalue weighted by molar-refractivity contribution is -0.144. The molecule has 3 rings (SSSR count). The normalized spacial score (nSPS) is 15.4. The van der Waals surface area contributed by atoms with Gasteiger partial charge in [-0.15, -0.1) is 11.3 Å². The van der Waals surface area contributed by atoms with E-state index in [0.29, 0.717) is 10.5 Å². The van der Waals surface area contributed by atoms with Crippen molar-refractivity contribution in [2.75, 3.05) is 13.1 Å². The largest absolute Gasteiger partial charge is 0.343 e. The van der Waals surface area contributed by atoms with Gasteiger partial charge < -0.3 is 5.32 Å². The van der Waals surface area contributed by atoms with Crippen molar-refractivity contribution >= 4 is 35.1 Å². The van der Waals surface area contributed by atoms with Gasteiger partial charge in [0.25, 0.3) is 0 Å². The van der Waals surface area contributed by atoms with Crippen molar-refractivity contribution in [1.82, 2.24) is 15.1 Å². The van der Waals surface area contributed by atoms with Crippen LogP contribution in [0.3, 0.4) is 0 Å². The van der Waals surface area contributed by atoms with Crippen LogP contribution in [-0.4, -0.2) is 46.6 Å². The Bertz CT molecular complexity index is 883. The van der Waals surface area contributed by atoms with Crippen LogP contribution in [0, 0.1) is 5.82 Å². The molecule has 1 aliphatic rings. The molecule has 2 aromatic rings. The van der Waals surface area contributed by atoms with Crippen LogP contribution in [-0.2, 0) is 14.4 Å². The first-order chi connectivity index (χ1) is 12.9. The summed E-state index contributed by atoms with van der Waals surface area (Å²) in [6.45, 7) is 1.05. The lowest BCUT2D eigenvalue weighted by atomic mass is 10.1. The van der Waals surface area contributed by atoms with E-state index < -0.39 is 42.2 Å². The van der Waals surface area contributed by atoms with E-state index in [1.54, 1.807) is 19.1 Å². The molecule has 0 unspecified atom stereocenters. The fourth-order valence-corrected chi connectivity index (χ4v) is 3.55. The maximum absolute atomic E-state index is 13.2. The second kappa shape index (κ2) is 7.67. The van der Waals surface area contributed by atoms with E-state index in [2.05, 4.69) is 5.32 Å². The van der Waals surface area contributed by atoms with Gasteiger partial charge in [-0.3, -0.25) is 19.3 Å². The minimum atomic E-state index is -1.02. The SMILES string of the molecule is CCN1C(=O)C(=O)N(CC(=O)N[C@H](c2ccc(F)cc2)c2cccs2)C1=O. The predicted octanol–water partition coefficient (Wildman–Crippen LogP) is 1.90. The number of urea groups is 1. The van der Waals surface area contributed by atoms with Crippen LogP contribution < -0.4 is 5.32 Å². The smallest absolute Gasteiger partial charge is 0.334 e. The van der Waals surface area contributed by atoms with Crippen LogP contribution in [0.4, 0.5) is 9.18 Å². The molecule has 1 aromatic heterocycles. The number of amides is 5. The van der Waals surface area contributed by atoms with Crippen molar-refractivity contribution in [1.29, 1.82) is 0 Å². The van der Waals surface area contributed by atoms with E-state index in [-0.39, 0.29) is 6.54 Å². The standard InChI is InChI=1S/C18H16FN3O4S/c1-2-21-16(24)17(25)22(18(21)26)10-14(23)20-15(13-4-3-9-27-13)11-5-7-12(19)8-6-11/h3-9,15H,2,10H2,1H3,(H,20,23)/t15-/m1/s1. The highest BCUT2D eigenvalue weighted by Gasteiger charge is 2.44. The summed E-state index contributed by atoms with van der Waals surface area (Å²) >= 11 is 1.40. The van der Waals surface area contributed by atoms with Gasteiger partial charge in [-0.25, -0.2) is 14.1 Å². The van der Waals surface area contributed by atoms with Gasteiger partial charge in [0.1, 0.15) is 12.4 Å². The Morgan fingerprint density at radius 2 is 1.78 bits per heavy atom. The van der Waals surface area contributed by atoms with Gasteiger partial charge >= 0.3 is 17.8 Å². The minimum Gasteiger partial charge on any atom is -0.343 e. The third-order valence-electron chi connectivity index (χ3n) is 4.09. The topological polar surface area (TPSA) is 86.8 Å². The van der Waals surface area contributed by atoms with Gasteiger partial charge in [0.15, 0.2) is 0 Å². The molecule has 27 heavy (non-hydrogen) atoms. The van der Waals surface area contributed by atoms with Gasteiger partial charge in [-0.1, -0.05) is 18.2 Å². The number of thiophene rings is 1. The molecule has 5 amide bonds. The zero-order valence-corrected chi connectivity index (χ0v) is 15.2. The molecule has 0 radical (unpaired) electrons. The molecule has 1 fully saturated rings. The monoisotopic (exact) mass is 389 g/mol. The lowest BCUT2D eigenvalue weighted by Gasteiger charge is -2.20. The molecule has 0 spiro atoms. The number of rotatable bonds is 6. The van der Waals surface area contributed by atoms with Gasteiger partial charge in [0, 0.05) is 11.4 Å². The van der Waals surface area contributed by atoms with E-state index in [9.17, 15) is 23.6 Å². The van der Waals surface area contributed by atoms with E-state index in [1.165, 1.54) is 23.5 Å². The highest BCUT2D eigenvalue weighted by Crippen LogP contribution is 2.26. The number of carbonyl (C=O) groups excluding carboxylic acids is 4. The van der Waals surface area contributed by atoms with Crippen molar-refractivity contribution < 1.29 is 23.6 Å². The number of hydrogen-bond acceptors (Lipinski definition) is 5. The molecule has 1 aromatic carbocycles. The lowest BCUT2D eigenvalue weighted by Crippen LogP contribution is -2.42. The average molecular weight is 389 g/mol. The Morgan fingerprint density at radius 3 is 2.33 bits per heavy atom. The molecule has 2 heterocycles. The first-order valence-corrected chi connectivity index (χ1v) is 9.06. The summed E-state index contributed by atoms with van der Waals surface area (Å²) in [6.07, 6.45) is 0. The van der Waals surface area contributed by atoms with Crippen LogP contribution in [0.25, 0.3) is 0 Å². The quantitative estimate of drug-likeness (QED) is 0.604. The highest BCUT2D eigenvalue weighted by atomic mass is 32.1. The molecule has 1 aliphatic heterocycles. The molecular weight excluding hydrogens is 373 g/mol. The van der Waals surface area contributed by atoms with Gasteiger partial charge in [-0.2, -0.15) is 0 Å². The van der Waals surface area contributed by atoms with E-state index in [1.807, 2.05) is 17.5 Å². The number of carbonyl (C=O) groups is 4. The first kappa shape index (κ1) is 18.7. The molecule has 1 N–H and O–H groups in total. The minimum absolute atomic E-state index is 0.0505. The number of nitrogens with one attached hydrogen (secondary N) is 1. The molecule has 7 nitrogen and oxygen atoms in total. The molecule has 1 atom stereocenters. The zero-order chi connectivity index (χ0) is 19.6. The third-order valence-corrected chi connectivity index (χ3v) is 5.03. The van der Waals surface area contributed by atoms with Crippen molar-refractivity contribution in [2.24, 2.45) is 0 Å². The fraction of sp³-hybridized carbons (Fsp3) is 0.222. The van der Waals surface area contributed by atoms with E-state index in [0.717, 1.165) is 9.78 Å². The molecule has 0 bridgehead atoms. The number of hydrogen-bond donors (Lipinski definition) is 1. The van der Waals surface area contributed by atoms with E-state index >= 15 is 0 Å². The molecule has 9 heteroatoms. The van der Waals surface area contributed by atoms with Gasteiger partial charge in [0.05, 0.1) is 6.04 Å². The first-order valence-electron chi connectivity index (χ1n) is 8.18. The van der Waals surface area contributed by atoms with Gasteiger partial charge in [-0.05, 0) is 36.1 Å². The fourth-order valence-electron chi connectivity index (χ4n) is 2.75. The number of halogens is 1. The summed E-state index contributed by atoms with van der Waals surface area (Å²) in [6, 6.07) is 7.92. The highest BCUT2D eigenvalue weighted by molar-refractivity contribution is 7.10. The Morgan fingerprint density at radius 1 is 1.11 bits per heavy atom. The summed E-state index contributed by atoms with van der Waals surface area (Å²) in [7, 11) is 0. The summed E-state index contributed by atoms with van der Waals surface area (Å²) in [4.78, 5) is 50.5. The molecule has 0 aliphatic carbocycles. The molecular formula is C18H16FN3O4S. The summed E-state index contributed by atoms with van der Waals surface area (Å²) in [5, 5.41) is 4.58. The van der Waals surface area contributed by atoms with Crippen molar-refractivity contribution in [3.63, 3.8) is 0 Å². The maximum atomic E-state index is 13.2. The van der Waals surface area contributed by atoms with E-state index in [4.69, 9.17) is 0 Å².